The number of rotatable bonds is 12. The maximum atomic E-state index is 11.9. The third kappa shape index (κ3) is 7.38. The molecular formula is C23H32N2O. The molecule has 0 aliphatic rings. The van der Waals surface area contributed by atoms with Gasteiger partial charge in [-0.2, -0.15) is 5.10 Å². The van der Waals surface area contributed by atoms with E-state index in [1.807, 2.05) is 24.3 Å². The van der Waals surface area contributed by atoms with Crippen LogP contribution in [-0.4, -0.2) is 12.1 Å². The molecule has 0 aromatic heterocycles. The number of unbranched alkanes of at least 4 members (excludes halogenated alkanes) is 8. The van der Waals surface area contributed by atoms with Crippen LogP contribution in [0.3, 0.4) is 0 Å². The monoisotopic (exact) mass is 352 g/mol. The van der Waals surface area contributed by atoms with E-state index in [2.05, 4.69) is 35.7 Å². The quantitative estimate of drug-likeness (QED) is 0.275. The number of nitrogens with zero attached hydrogens (tertiary/aromatic N) is 1. The predicted molar refractivity (Wildman–Crippen MR) is 112 cm³/mol. The van der Waals surface area contributed by atoms with Crippen LogP contribution in [0.5, 0.6) is 0 Å². The molecule has 0 unspecified atom stereocenters. The number of benzene rings is 2. The molecule has 140 valence electrons. The summed E-state index contributed by atoms with van der Waals surface area (Å²) in [6.45, 7) is 2.25. The fourth-order valence-electron chi connectivity index (χ4n) is 3.19. The van der Waals surface area contributed by atoms with Crippen LogP contribution in [0.2, 0.25) is 0 Å². The van der Waals surface area contributed by atoms with Gasteiger partial charge in [0.15, 0.2) is 0 Å². The normalized spacial score (nSPS) is 11.3. The smallest absolute Gasteiger partial charge is 0.240 e. The summed E-state index contributed by atoms with van der Waals surface area (Å²) in [7, 11) is 0. The van der Waals surface area contributed by atoms with Gasteiger partial charge in [-0.15, -0.1) is 0 Å². The van der Waals surface area contributed by atoms with Crippen molar-refractivity contribution in [2.24, 2.45) is 5.10 Å². The summed E-state index contributed by atoms with van der Waals surface area (Å²) in [6.07, 6.45) is 13.6. The number of carbonyl (C=O) groups is 1. The average molecular weight is 353 g/mol. The van der Waals surface area contributed by atoms with Crippen LogP contribution >= 0.6 is 0 Å². The Morgan fingerprint density at radius 1 is 0.885 bits per heavy atom. The van der Waals surface area contributed by atoms with Crippen LogP contribution in [0.1, 0.15) is 76.7 Å². The van der Waals surface area contributed by atoms with Gasteiger partial charge in [0.05, 0.1) is 6.21 Å². The van der Waals surface area contributed by atoms with E-state index in [0.717, 1.165) is 23.8 Å². The van der Waals surface area contributed by atoms with Gasteiger partial charge in [0, 0.05) is 12.0 Å². The number of fused-ring (bicyclic) bond motifs is 1. The summed E-state index contributed by atoms with van der Waals surface area (Å²) in [5.41, 5.74) is 3.67. The molecule has 0 saturated heterocycles. The summed E-state index contributed by atoms with van der Waals surface area (Å²) in [5.74, 6) is 0.00410. The van der Waals surface area contributed by atoms with Crippen LogP contribution in [0.4, 0.5) is 0 Å². The van der Waals surface area contributed by atoms with Gasteiger partial charge in [0.25, 0.3) is 0 Å². The van der Waals surface area contributed by atoms with Gasteiger partial charge in [-0.05, 0) is 17.2 Å². The molecule has 0 aliphatic heterocycles. The highest BCUT2D eigenvalue weighted by Gasteiger charge is 2.00. The molecule has 2 rings (SSSR count). The first kappa shape index (κ1) is 20.2. The van der Waals surface area contributed by atoms with E-state index in [1.54, 1.807) is 6.21 Å². The second kappa shape index (κ2) is 12.2. The lowest BCUT2D eigenvalue weighted by molar-refractivity contribution is -0.121. The average Bonchev–Trinajstić information content (AvgIpc) is 2.67. The maximum Gasteiger partial charge on any atom is 0.240 e. The molecule has 0 saturated carbocycles. The molecular weight excluding hydrogens is 320 g/mol. The lowest BCUT2D eigenvalue weighted by Crippen LogP contribution is -2.16. The summed E-state index contributed by atoms with van der Waals surface area (Å²) >= 11 is 0. The van der Waals surface area contributed by atoms with E-state index in [9.17, 15) is 4.79 Å². The van der Waals surface area contributed by atoms with E-state index in [1.165, 1.54) is 50.3 Å². The molecule has 3 nitrogen and oxygen atoms in total. The van der Waals surface area contributed by atoms with Crippen molar-refractivity contribution in [2.75, 3.05) is 0 Å². The topological polar surface area (TPSA) is 41.5 Å². The predicted octanol–water partition coefficient (Wildman–Crippen LogP) is 6.21. The van der Waals surface area contributed by atoms with Crippen molar-refractivity contribution in [3.05, 3.63) is 48.0 Å². The van der Waals surface area contributed by atoms with E-state index in [4.69, 9.17) is 0 Å². The van der Waals surface area contributed by atoms with Crippen LogP contribution in [0.15, 0.2) is 47.6 Å². The van der Waals surface area contributed by atoms with Crippen LogP contribution in [0, 0.1) is 0 Å². The standard InChI is InChI=1S/C23H32N2O/c1-2-3-4-5-6-7-8-9-10-18-23(26)25-24-19-21-16-13-15-20-14-11-12-17-22(20)21/h11-17,19H,2-10,18H2,1H3,(H,25,26). The molecule has 0 aliphatic carbocycles. The summed E-state index contributed by atoms with van der Waals surface area (Å²) in [5, 5.41) is 6.45. The van der Waals surface area contributed by atoms with Crippen molar-refractivity contribution >= 4 is 22.9 Å². The molecule has 2 aromatic rings. The molecule has 26 heavy (non-hydrogen) atoms. The molecule has 1 amide bonds. The lowest BCUT2D eigenvalue weighted by Gasteiger charge is -2.03. The fraction of sp³-hybridized carbons (Fsp3) is 0.478. The Kier molecular flexibility index (Phi) is 9.48. The number of nitrogens with one attached hydrogen (secondary N) is 1. The first-order chi connectivity index (χ1) is 12.8. The van der Waals surface area contributed by atoms with Gasteiger partial charge in [-0.25, -0.2) is 5.43 Å². The third-order valence-electron chi connectivity index (χ3n) is 4.72. The number of hydrogen-bond acceptors (Lipinski definition) is 2. The largest absolute Gasteiger partial charge is 0.273 e. The Hall–Kier alpha value is -2.16. The Balaban J connectivity index is 1.60. The van der Waals surface area contributed by atoms with Crippen LogP contribution in [-0.2, 0) is 4.79 Å². The molecule has 0 radical (unpaired) electrons. The Morgan fingerprint density at radius 2 is 1.54 bits per heavy atom. The summed E-state index contributed by atoms with van der Waals surface area (Å²) in [6, 6.07) is 14.3. The van der Waals surface area contributed by atoms with Crippen molar-refractivity contribution in [3.8, 4) is 0 Å². The van der Waals surface area contributed by atoms with Gasteiger partial charge in [-0.3, -0.25) is 4.79 Å². The summed E-state index contributed by atoms with van der Waals surface area (Å²) in [4.78, 5) is 11.9. The van der Waals surface area contributed by atoms with Crippen molar-refractivity contribution in [2.45, 2.75) is 71.1 Å². The van der Waals surface area contributed by atoms with Gasteiger partial charge in [0.1, 0.15) is 0 Å². The molecule has 1 N–H and O–H groups in total. The van der Waals surface area contributed by atoms with E-state index >= 15 is 0 Å². The number of hydrazone groups is 1. The zero-order chi connectivity index (χ0) is 18.5. The lowest BCUT2D eigenvalue weighted by atomic mass is 10.1. The van der Waals surface area contributed by atoms with Gasteiger partial charge >= 0.3 is 0 Å². The zero-order valence-electron chi connectivity index (χ0n) is 16.0. The van der Waals surface area contributed by atoms with Crippen molar-refractivity contribution in [3.63, 3.8) is 0 Å². The van der Waals surface area contributed by atoms with Crippen molar-refractivity contribution < 1.29 is 4.79 Å². The van der Waals surface area contributed by atoms with Crippen LogP contribution < -0.4 is 5.43 Å². The second-order valence-corrected chi connectivity index (χ2v) is 6.94. The van der Waals surface area contributed by atoms with E-state index < -0.39 is 0 Å². The molecule has 0 bridgehead atoms. The number of hydrogen-bond donors (Lipinski definition) is 1. The maximum absolute atomic E-state index is 11.9. The fourth-order valence-corrected chi connectivity index (χ4v) is 3.19. The highest BCUT2D eigenvalue weighted by Crippen LogP contribution is 2.16. The van der Waals surface area contributed by atoms with Crippen LogP contribution in [0.25, 0.3) is 10.8 Å². The third-order valence-corrected chi connectivity index (χ3v) is 4.72. The highest BCUT2D eigenvalue weighted by atomic mass is 16.2. The highest BCUT2D eigenvalue weighted by molar-refractivity contribution is 5.99. The zero-order valence-corrected chi connectivity index (χ0v) is 16.0. The van der Waals surface area contributed by atoms with E-state index in [0.29, 0.717) is 6.42 Å². The molecule has 3 heteroatoms. The minimum atomic E-state index is 0.00410. The van der Waals surface area contributed by atoms with E-state index in [-0.39, 0.29) is 5.91 Å². The first-order valence-corrected chi connectivity index (χ1v) is 10.1. The Bertz CT molecular complexity index is 688. The molecule has 0 spiro atoms. The SMILES string of the molecule is CCCCCCCCCCCC(=O)NN=Cc1cccc2ccccc12. The van der Waals surface area contributed by atoms with Crippen molar-refractivity contribution in [1.82, 2.24) is 5.43 Å². The van der Waals surface area contributed by atoms with Gasteiger partial charge in [0.2, 0.25) is 5.91 Å². The minimum Gasteiger partial charge on any atom is -0.273 e. The second-order valence-electron chi connectivity index (χ2n) is 6.94. The number of carbonyl (C=O) groups excluding carboxylic acids is 1. The minimum absolute atomic E-state index is 0.00410. The van der Waals surface area contributed by atoms with Gasteiger partial charge < -0.3 is 0 Å². The first-order valence-electron chi connectivity index (χ1n) is 10.1. The molecule has 2 aromatic carbocycles. The Labute approximate surface area is 157 Å². The molecule has 0 atom stereocenters. The molecule has 0 heterocycles. The van der Waals surface area contributed by atoms with Gasteiger partial charge in [-0.1, -0.05) is 101 Å². The summed E-state index contributed by atoms with van der Waals surface area (Å²) < 4.78 is 0. The van der Waals surface area contributed by atoms with Crippen molar-refractivity contribution in [1.29, 1.82) is 0 Å². The molecule has 0 fully saturated rings. The number of amides is 1. The Morgan fingerprint density at radius 3 is 2.31 bits per heavy atom.